The highest BCUT2D eigenvalue weighted by molar-refractivity contribution is 6.34. The highest BCUT2D eigenvalue weighted by Crippen LogP contribution is 2.40. The van der Waals surface area contributed by atoms with E-state index in [0.29, 0.717) is 21.9 Å². The van der Waals surface area contributed by atoms with Crippen molar-refractivity contribution in [2.24, 2.45) is 5.10 Å². The van der Waals surface area contributed by atoms with Gasteiger partial charge in [-0.15, -0.1) is 0 Å². The van der Waals surface area contributed by atoms with Gasteiger partial charge in [0.1, 0.15) is 0 Å². The average Bonchev–Trinajstić information content (AvgIpc) is 3.18. The van der Waals surface area contributed by atoms with E-state index in [2.05, 4.69) is 10.4 Å². The number of halogens is 1. The molecule has 1 atom stereocenters. The van der Waals surface area contributed by atoms with Gasteiger partial charge in [-0.1, -0.05) is 66.2 Å². The molecule has 0 aliphatic carbocycles. The lowest BCUT2D eigenvalue weighted by Crippen LogP contribution is -2.56. The van der Waals surface area contributed by atoms with E-state index in [1.807, 2.05) is 60.7 Å². The van der Waals surface area contributed by atoms with Gasteiger partial charge >= 0.3 is 12.2 Å². The number of amides is 2. The summed E-state index contributed by atoms with van der Waals surface area (Å²) in [5, 5.41) is 11.2. The van der Waals surface area contributed by atoms with E-state index in [9.17, 15) is 9.59 Å². The van der Waals surface area contributed by atoms with Gasteiger partial charge in [0.2, 0.25) is 0 Å². The van der Waals surface area contributed by atoms with Gasteiger partial charge in [-0.05, 0) is 50.6 Å². The van der Waals surface area contributed by atoms with Crippen LogP contribution in [-0.2, 0) is 15.1 Å². The fraction of sp³-hybridized carbons (Fsp3) is 0.296. The summed E-state index contributed by atoms with van der Waals surface area (Å²) in [6.07, 6.45) is -1.95. The zero-order chi connectivity index (χ0) is 25.2. The van der Waals surface area contributed by atoms with Gasteiger partial charge in [0, 0.05) is 22.6 Å². The van der Waals surface area contributed by atoms with E-state index >= 15 is 0 Å². The number of nitrogens with one attached hydrogen (secondary N) is 1. The summed E-state index contributed by atoms with van der Waals surface area (Å²) in [7, 11) is 0. The van der Waals surface area contributed by atoms with Gasteiger partial charge < -0.3 is 9.47 Å². The molecule has 1 aliphatic rings. The van der Waals surface area contributed by atoms with Crippen LogP contribution >= 0.6 is 11.6 Å². The Morgan fingerprint density at radius 1 is 0.943 bits per heavy atom. The molecule has 8 heteroatoms. The molecule has 7 nitrogen and oxygen atoms in total. The van der Waals surface area contributed by atoms with Crippen molar-refractivity contribution in [3.63, 3.8) is 0 Å². The smallest absolute Gasteiger partial charge is 0.433 e. The summed E-state index contributed by atoms with van der Waals surface area (Å²) >= 11 is 6.48. The van der Waals surface area contributed by atoms with Crippen molar-refractivity contribution in [2.75, 3.05) is 0 Å². The van der Waals surface area contributed by atoms with Crippen LogP contribution < -0.4 is 5.32 Å². The fourth-order valence-electron chi connectivity index (χ4n) is 4.10. The maximum atomic E-state index is 13.3. The highest BCUT2D eigenvalue weighted by atomic mass is 35.5. The van der Waals surface area contributed by atoms with Crippen LogP contribution in [0.25, 0.3) is 10.8 Å². The SMILES string of the molecule is CC(C)OC(=O)NC1(c2ccc3ccccc3c2)CC(c2ccccc2Cl)=NN1C(=O)OC(C)C. The molecule has 3 aromatic carbocycles. The Morgan fingerprint density at radius 3 is 2.29 bits per heavy atom. The Kier molecular flexibility index (Phi) is 6.98. The molecular formula is C27H28ClN3O4. The van der Waals surface area contributed by atoms with Crippen molar-refractivity contribution in [3.8, 4) is 0 Å². The van der Waals surface area contributed by atoms with Gasteiger partial charge in [-0.2, -0.15) is 10.1 Å². The molecule has 0 saturated carbocycles. The first-order chi connectivity index (χ1) is 16.7. The molecule has 3 aromatic rings. The zero-order valence-electron chi connectivity index (χ0n) is 20.1. The van der Waals surface area contributed by atoms with Crippen molar-refractivity contribution in [2.45, 2.75) is 52.0 Å². The van der Waals surface area contributed by atoms with Crippen LogP contribution in [0, 0.1) is 0 Å². The monoisotopic (exact) mass is 493 g/mol. The summed E-state index contributed by atoms with van der Waals surface area (Å²) in [5.41, 5.74) is 0.465. The predicted octanol–water partition coefficient (Wildman–Crippen LogP) is 6.44. The minimum absolute atomic E-state index is 0.162. The van der Waals surface area contributed by atoms with Crippen molar-refractivity contribution in [1.29, 1.82) is 0 Å². The topological polar surface area (TPSA) is 80.2 Å². The molecule has 0 fully saturated rings. The summed E-state index contributed by atoms with van der Waals surface area (Å²) in [6, 6.07) is 20.9. The minimum Gasteiger partial charge on any atom is -0.447 e. The third kappa shape index (κ3) is 5.10. The third-order valence-electron chi connectivity index (χ3n) is 5.58. The predicted molar refractivity (Wildman–Crippen MR) is 136 cm³/mol. The van der Waals surface area contributed by atoms with Crippen LogP contribution in [0.3, 0.4) is 0 Å². The second kappa shape index (κ2) is 9.96. The lowest BCUT2D eigenvalue weighted by Gasteiger charge is -2.37. The molecule has 0 aromatic heterocycles. The number of alkyl carbamates (subject to hydrolysis) is 1. The van der Waals surface area contributed by atoms with Crippen molar-refractivity contribution >= 4 is 40.3 Å². The van der Waals surface area contributed by atoms with Crippen LogP contribution in [0.2, 0.25) is 5.02 Å². The number of hydrogen-bond acceptors (Lipinski definition) is 5. The first kappa shape index (κ1) is 24.5. The second-order valence-electron chi connectivity index (χ2n) is 8.95. The van der Waals surface area contributed by atoms with Gasteiger partial charge in [0.25, 0.3) is 0 Å². The molecule has 0 spiro atoms. The maximum absolute atomic E-state index is 13.3. The molecule has 0 bridgehead atoms. The Bertz CT molecular complexity index is 1290. The normalized spacial score (nSPS) is 17.6. The second-order valence-corrected chi connectivity index (χ2v) is 9.36. The minimum atomic E-state index is -1.39. The lowest BCUT2D eigenvalue weighted by molar-refractivity contribution is 0.0234. The molecule has 1 N–H and O–H groups in total. The van der Waals surface area contributed by atoms with E-state index in [1.165, 1.54) is 5.01 Å². The number of hydrogen-bond donors (Lipinski definition) is 1. The van der Waals surface area contributed by atoms with E-state index in [0.717, 1.165) is 10.8 Å². The van der Waals surface area contributed by atoms with E-state index in [4.69, 9.17) is 21.1 Å². The molecule has 1 aliphatic heterocycles. The zero-order valence-corrected chi connectivity index (χ0v) is 20.9. The van der Waals surface area contributed by atoms with E-state index < -0.39 is 17.8 Å². The Hall–Kier alpha value is -3.58. The average molecular weight is 494 g/mol. The van der Waals surface area contributed by atoms with Crippen LogP contribution in [-0.4, -0.2) is 35.1 Å². The van der Waals surface area contributed by atoms with Crippen LogP contribution in [0.5, 0.6) is 0 Å². The van der Waals surface area contributed by atoms with Gasteiger partial charge in [0.05, 0.1) is 17.9 Å². The number of carbonyl (C=O) groups excluding carboxylic acids is 2. The summed E-state index contributed by atoms with van der Waals surface area (Å²) in [4.78, 5) is 26.3. The Balaban J connectivity index is 1.89. The van der Waals surface area contributed by atoms with Crippen LogP contribution in [0.1, 0.15) is 45.2 Å². The lowest BCUT2D eigenvalue weighted by atomic mass is 9.90. The van der Waals surface area contributed by atoms with Crippen molar-refractivity contribution in [1.82, 2.24) is 10.3 Å². The first-order valence-electron chi connectivity index (χ1n) is 11.5. The molecule has 2 amide bonds. The fourth-order valence-corrected chi connectivity index (χ4v) is 4.35. The summed E-state index contributed by atoms with van der Waals surface area (Å²) in [5.74, 6) is 0. The molecule has 182 valence electrons. The standard InChI is InChI=1S/C27H28ClN3O4/c1-17(2)34-25(32)29-27(21-14-13-19-9-5-6-10-20(19)15-21)16-24(22-11-7-8-12-23(22)28)30-31(27)26(33)35-18(3)4/h5-15,17-18H,16H2,1-4H3,(H,29,32). The number of nitrogens with zero attached hydrogens (tertiary/aromatic N) is 2. The quantitative estimate of drug-likeness (QED) is 0.443. The van der Waals surface area contributed by atoms with Gasteiger partial charge in [-0.3, -0.25) is 5.32 Å². The van der Waals surface area contributed by atoms with E-state index in [1.54, 1.807) is 33.8 Å². The molecular weight excluding hydrogens is 466 g/mol. The highest BCUT2D eigenvalue weighted by Gasteiger charge is 2.50. The summed E-state index contributed by atoms with van der Waals surface area (Å²) in [6.45, 7) is 7.02. The van der Waals surface area contributed by atoms with Crippen molar-refractivity contribution < 1.29 is 19.1 Å². The van der Waals surface area contributed by atoms with Crippen LogP contribution in [0.15, 0.2) is 71.8 Å². The third-order valence-corrected chi connectivity index (χ3v) is 5.91. The molecule has 0 radical (unpaired) electrons. The van der Waals surface area contributed by atoms with Gasteiger partial charge in [0.15, 0.2) is 5.66 Å². The number of rotatable bonds is 5. The number of benzene rings is 3. The van der Waals surface area contributed by atoms with Gasteiger partial charge in [-0.25, -0.2) is 9.59 Å². The maximum Gasteiger partial charge on any atom is 0.433 e. The first-order valence-corrected chi connectivity index (χ1v) is 11.9. The number of ether oxygens (including phenoxy) is 2. The molecule has 1 unspecified atom stereocenters. The number of fused-ring (bicyclic) bond motifs is 1. The van der Waals surface area contributed by atoms with E-state index in [-0.39, 0.29) is 18.6 Å². The van der Waals surface area contributed by atoms with Crippen LogP contribution in [0.4, 0.5) is 9.59 Å². The number of carbonyl (C=O) groups is 2. The molecule has 1 heterocycles. The Morgan fingerprint density at radius 2 is 1.60 bits per heavy atom. The number of hydrazone groups is 1. The summed E-state index contributed by atoms with van der Waals surface area (Å²) < 4.78 is 10.9. The molecule has 35 heavy (non-hydrogen) atoms. The molecule has 0 saturated heterocycles. The molecule has 4 rings (SSSR count). The Labute approximate surface area is 209 Å². The largest absolute Gasteiger partial charge is 0.447 e. The van der Waals surface area contributed by atoms with Crippen molar-refractivity contribution in [3.05, 3.63) is 82.9 Å².